The number of H-pyrrole nitrogens is 1. The highest BCUT2D eigenvalue weighted by Crippen LogP contribution is 2.65. The quantitative estimate of drug-likeness (QED) is 0.0359. The van der Waals surface area contributed by atoms with E-state index in [0.717, 1.165) is 42.9 Å². The Labute approximate surface area is 386 Å². The summed E-state index contributed by atoms with van der Waals surface area (Å²) in [4.78, 5) is 58.8. The molecule has 1 aromatic carbocycles. The number of carbonyl (C=O) groups excluding carboxylic acids is 1. The molecular weight excluding hydrogens is 945 g/mol. The Balaban J connectivity index is 1.02. The van der Waals surface area contributed by atoms with Gasteiger partial charge in [-0.3, -0.25) is 37.3 Å². The molecule has 8 rings (SSSR count). The number of aromatic nitrogens is 8. The van der Waals surface area contributed by atoms with Crippen molar-refractivity contribution in [1.82, 2.24) is 39.0 Å². The molecule has 3 aliphatic heterocycles. The predicted octanol–water partition coefficient (Wildman–Crippen LogP) is 6.42. The van der Waals surface area contributed by atoms with Gasteiger partial charge in [0.05, 0.1) is 25.9 Å². The van der Waals surface area contributed by atoms with Gasteiger partial charge in [0.1, 0.15) is 48.4 Å². The Hall–Kier alpha value is -4.42. The van der Waals surface area contributed by atoms with Crippen molar-refractivity contribution in [2.24, 2.45) is 0 Å². The summed E-state index contributed by atoms with van der Waals surface area (Å²) in [5.41, 5.74) is 11.5. The molecule has 27 heteroatoms. The topological polar surface area (TPSA) is 295 Å². The van der Waals surface area contributed by atoms with Crippen LogP contribution < -0.4 is 21.8 Å². The number of esters is 1. The minimum Gasteiger partial charge on any atom is -0.427 e. The van der Waals surface area contributed by atoms with Crippen LogP contribution in [0.4, 0.5) is 20.5 Å². The van der Waals surface area contributed by atoms with Gasteiger partial charge in [0.25, 0.3) is 5.56 Å². The van der Waals surface area contributed by atoms with Gasteiger partial charge in [-0.25, -0.2) is 33.3 Å². The van der Waals surface area contributed by atoms with Gasteiger partial charge in [-0.1, -0.05) is 70.4 Å². The minimum atomic E-state index is -4.76. The fourth-order valence-electron chi connectivity index (χ4n) is 7.99. The number of anilines is 2. The highest BCUT2D eigenvalue weighted by Gasteiger charge is 2.54. The Kier molecular flexibility index (Phi) is 15.7. The fourth-order valence-corrected chi connectivity index (χ4v) is 12.2. The number of halogens is 2. The first kappa shape index (κ1) is 49.0. The van der Waals surface area contributed by atoms with E-state index in [1.807, 2.05) is 0 Å². The summed E-state index contributed by atoms with van der Waals surface area (Å²) in [6.07, 6.45) is -1.24. The third-order valence-corrected chi connectivity index (χ3v) is 16.1. The van der Waals surface area contributed by atoms with Crippen LogP contribution in [-0.4, -0.2) is 106 Å². The second-order valence-electron chi connectivity index (χ2n) is 16.4. The monoisotopic (exact) mass is 996 g/mol. The molecule has 0 saturated carbocycles. The molecule has 0 radical (unpaired) electrons. The van der Waals surface area contributed by atoms with Crippen molar-refractivity contribution in [3.63, 3.8) is 0 Å². The van der Waals surface area contributed by atoms with Crippen molar-refractivity contribution in [3.05, 3.63) is 59.2 Å². The Morgan fingerprint density at radius 3 is 2.28 bits per heavy atom. The zero-order chi connectivity index (χ0) is 47.3. The first-order chi connectivity index (χ1) is 32.2. The van der Waals surface area contributed by atoms with Crippen molar-refractivity contribution in [1.29, 1.82) is 0 Å². The van der Waals surface area contributed by atoms with Crippen molar-refractivity contribution >= 4 is 65.8 Å². The number of ether oxygens (including phenoxy) is 4. The molecule has 3 saturated heterocycles. The summed E-state index contributed by atoms with van der Waals surface area (Å²) < 4.78 is 105. The number of fused-ring (bicyclic) bond motifs is 5. The van der Waals surface area contributed by atoms with E-state index in [9.17, 15) is 19.0 Å². The first-order valence-electron chi connectivity index (χ1n) is 21.9. The van der Waals surface area contributed by atoms with E-state index in [1.165, 1.54) is 43.0 Å². The highest BCUT2D eigenvalue weighted by atomic mass is 32.7. The number of imidazole rings is 2. The van der Waals surface area contributed by atoms with E-state index in [0.29, 0.717) is 22.7 Å². The van der Waals surface area contributed by atoms with E-state index in [1.54, 1.807) is 24.3 Å². The van der Waals surface area contributed by atoms with E-state index in [-0.39, 0.29) is 52.2 Å². The molecule has 7 heterocycles. The van der Waals surface area contributed by atoms with Crippen molar-refractivity contribution in [2.75, 3.05) is 31.0 Å². The van der Waals surface area contributed by atoms with Crippen LogP contribution in [0.3, 0.4) is 0 Å². The summed E-state index contributed by atoms with van der Waals surface area (Å²) >= 11 is 0.653. The van der Waals surface area contributed by atoms with E-state index < -0.39 is 88.7 Å². The number of nitrogens with zero attached hydrogens (tertiary/aromatic N) is 7. The van der Waals surface area contributed by atoms with Gasteiger partial charge in [0.15, 0.2) is 47.4 Å². The third kappa shape index (κ3) is 11.5. The Bertz CT molecular complexity index is 2660. The molecule has 67 heavy (non-hydrogen) atoms. The van der Waals surface area contributed by atoms with Gasteiger partial charge in [-0.05, 0) is 35.5 Å². The van der Waals surface area contributed by atoms with Crippen LogP contribution in [0, 0.1) is 0 Å². The SMILES string of the molecule is CCCCCCCCCCCC(=O)Oc1ccc(CSP2(=O)OC[C@H]3O[C@@H](n4cnc5c(N)ncnc54)[C@H](F)[C@@H]3OCP(=O)(O)OC[C@H]3O[C@@H](n4cnc5c(=O)[nH]c(N)nc54)[C@H](O2)[C@@H]3F)cc1. The number of nitrogens with one attached hydrogen (secondary N) is 1. The molecule has 0 amide bonds. The molecule has 2 bridgehead atoms. The molecule has 2 unspecified atom stereocenters. The zero-order valence-corrected chi connectivity index (χ0v) is 38.9. The van der Waals surface area contributed by atoms with Gasteiger partial charge < -0.3 is 39.8 Å². The second kappa shape index (κ2) is 21.5. The van der Waals surface area contributed by atoms with Gasteiger partial charge in [0, 0.05) is 12.2 Å². The number of aromatic amines is 1. The normalized spacial score (nSPS) is 29.3. The lowest BCUT2D eigenvalue weighted by Gasteiger charge is -2.28. The number of nitrogen functional groups attached to an aromatic ring is 2. The summed E-state index contributed by atoms with van der Waals surface area (Å²) in [5.74, 6) is -0.412. The van der Waals surface area contributed by atoms with E-state index >= 15 is 13.3 Å². The van der Waals surface area contributed by atoms with Crippen LogP contribution in [0.2, 0.25) is 0 Å². The number of benzene rings is 1. The summed E-state index contributed by atoms with van der Waals surface area (Å²) in [6, 6.07) is 6.45. The number of hydrogen-bond donors (Lipinski definition) is 4. The van der Waals surface area contributed by atoms with Crippen LogP contribution >= 0.6 is 25.8 Å². The summed E-state index contributed by atoms with van der Waals surface area (Å²) in [5, 5.41) is 0. The molecule has 0 aliphatic carbocycles. The number of rotatable bonds is 16. The van der Waals surface area contributed by atoms with Crippen molar-refractivity contribution in [3.8, 4) is 5.75 Å². The predicted molar refractivity (Wildman–Crippen MR) is 239 cm³/mol. The van der Waals surface area contributed by atoms with Gasteiger partial charge in [0.2, 0.25) is 5.95 Å². The molecule has 3 fully saturated rings. The lowest BCUT2D eigenvalue weighted by atomic mass is 10.1. The minimum absolute atomic E-state index is 0.0151. The average molecular weight is 997 g/mol. The van der Waals surface area contributed by atoms with Crippen LogP contribution in [0.15, 0.2) is 48.0 Å². The smallest absolute Gasteiger partial charge is 0.390 e. The largest absolute Gasteiger partial charge is 0.427 e. The average Bonchev–Trinajstić information content (AvgIpc) is 4.07. The molecule has 5 aromatic rings. The standard InChI is InChI=1S/C40H52F2N10O12P2S/c1-2-3-4-5-6-7-8-9-10-11-27(53)61-24-14-12-23(13-15-24)18-67-66(57)60-17-26-32(29(42)38(63-26)51-20-47-30-34(43)45-19-46-35(30)51)58-22-65(55,56)59-16-25-28(41)33(64-66)39(62-25)52-21-48-31-36(52)49-40(44)50-37(31)54/h12-15,19-21,25-26,28-29,32-33,38-39H,2-11,16-18,22H2,1H3,(H,55,56)(H2,43,45,46)(H3,44,49,50,54)/t25-,26-,28-,29-,32-,33-,38-,39-,66?/m1/s1. The van der Waals surface area contributed by atoms with Crippen molar-refractivity contribution in [2.45, 2.75) is 126 Å². The first-order valence-corrected chi connectivity index (χ1v) is 26.8. The van der Waals surface area contributed by atoms with Gasteiger partial charge in [-0.2, -0.15) is 4.98 Å². The molecular formula is C40H52F2N10O12P2S. The molecule has 364 valence electrons. The number of carbonyl (C=O) groups is 1. The number of hydrogen-bond acceptors (Lipinski definition) is 19. The van der Waals surface area contributed by atoms with Crippen LogP contribution in [-0.2, 0) is 47.5 Å². The Morgan fingerprint density at radius 1 is 0.866 bits per heavy atom. The van der Waals surface area contributed by atoms with Crippen molar-refractivity contribution < 1.29 is 60.1 Å². The second-order valence-corrected chi connectivity index (χ2v) is 22.2. The lowest BCUT2D eigenvalue weighted by molar-refractivity contribution is -0.134. The van der Waals surface area contributed by atoms with Gasteiger partial charge in [-0.15, -0.1) is 0 Å². The fraction of sp³-hybridized carbons (Fsp3) is 0.575. The van der Waals surface area contributed by atoms with Crippen LogP contribution in [0.1, 0.15) is 89.2 Å². The third-order valence-electron chi connectivity index (χ3n) is 11.5. The maximum Gasteiger partial charge on any atom is 0.390 e. The lowest BCUT2D eigenvalue weighted by Crippen LogP contribution is -2.36. The number of unbranched alkanes of at least 4 members (excludes halogenated alkanes) is 8. The molecule has 3 aliphatic rings. The van der Waals surface area contributed by atoms with Crippen LogP contribution in [0.5, 0.6) is 5.75 Å². The maximum atomic E-state index is 16.7. The number of nitrogens with two attached hydrogens (primary N) is 2. The maximum absolute atomic E-state index is 16.7. The molecule has 4 aromatic heterocycles. The zero-order valence-electron chi connectivity index (χ0n) is 36.3. The molecule has 22 nitrogen and oxygen atoms in total. The van der Waals surface area contributed by atoms with E-state index in [2.05, 4.69) is 36.8 Å². The summed E-state index contributed by atoms with van der Waals surface area (Å²) in [6.45, 7) is -4.03. The summed E-state index contributed by atoms with van der Waals surface area (Å²) in [7, 11) is -4.76. The van der Waals surface area contributed by atoms with E-state index in [4.69, 9.17) is 44.0 Å². The Morgan fingerprint density at radius 2 is 1.54 bits per heavy atom. The van der Waals surface area contributed by atoms with Gasteiger partial charge >= 0.3 is 20.4 Å². The van der Waals surface area contributed by atoms with Crippen LogP contribution in [0.25, 0.3) is 22.3 Å². The highest BCUT2D eigenvalue weighted by molar-refractivity contribution is 8.54. The number of alkyl halides is 2. The molecule has 10 atom stereocenters. The molecule has 0 spiro atoms. The molecule has 6 N–H and O–H groups in total.